The van der Waals surface area contributed by atoms with Gasteiger partial charge in [-0.05, 0) is 38.5 Å². The standard InChI is InChI=1S/C42H82NO8P/c1-6-8-10-12-14-16-18-20-21-22-23-25-26-28-30-32-34-41(44)48-38-40(39-50-52(46,47)49-37-36-43(3,4)5)51-42(45)35-33-31-29-27-24-19-17-15-13-11-9-7-2/h21-22,40H,6-20,23-39H2,1-5H3/p+1/b22-21-/t40-/m1/s1. The van der Waals surface area contributed by atoms with E-state index in [0.717, 1.165) is 51.4 Å². The molecule has 1 N–H and O–H groups in total. The molecule has 9 nitrogen and oxygen atoms in total. The van der Waals surface area contributed by atoms with Gasteiger partial charge >= 0.3 is 19.8 Å². The molecule has 0 aromatic carbocycles. The van der Waals surface area contributed by atoms with Gasteiger partial charge in [-0.1, -0.05) is 154 Å². The van der Waals surface area contributed by atoms with Crippen molar-refractivity contribution in [1.29, 1.82) is 0 Å². The minimum absolute atomic E-state index is 0.0334. The van der Waals surface area contributed by atoms with Gasteiger partial charge in [0.05, 0.1) is 27.7 Å². The zero-order valence-electron chi connectivity index (χ0n) is 34.6. The van der Waals surface area contributed by atoms with Crippen LogP contribution in [0.2, 0.25) is 0 Å². The highest BCUT2D eigenvalue weighted by Gasteiger charge is 2.27. The number of ether oxygens (including phenoxy) is 2. The highest BCUT2D eigenvalue weighted by Crippen LogP contribution is 2.43. The van der Waals surface area contributed by atoms with Gasteiger partial charge < -0.3 is 18.9 Å². The van der Waals surface area contributed by atoms with Gasteiger partial charge in [0, 0.05) is 12.8 Å². The molecule has 308 valence electrons. The molecule has 2 atom stereocenters. The van der Waals surface area contributed by atoms with Crippen molar-refractivity contribution in [2.75, 3.05) is 47.5 Å². The Morgan fingerprint density at radius 3 is 1.42 bits per heavy atom. The number of phosphoric acid groups is 1. The first-order valence-electron chi connectivity index (χ1n) is 21.4. The Morgan fingerprint density at radius 2 is 0.981 bits per heavy atom. The van der Waals surface area contributed by atoms with E-state index in [0.29, 0.717) is 17.4 Å². The molecule has 0 radical (unpaired) electrons. The number of likely N-dealkylation sites (N-methyl/N-ethyl adjacent to an activating group) is 1. The molecule has 1 unspecified atom stereocenters. The normalized spacial score (nSPS) is 13.7. The van der Waals surface area contributed by atoms with Crippen LogP contribution in [0.25, 0.3) is 0 Å². The van der Waals surface area contributed by atoms with Gasteiger partial charge in [0.25, 0.3) is 0 Å². The molecule has 0 rings (SSSR count). The molecule has 0 heterocycles. The maximum absolute atomic E-state index is 12.6. The van der Waals surface area contributed by atoms with Gasteiger partial charge in [-0.25, -0.2) is 4.57 Å². The lowest BCUT2D eigenvalue weighted by molar-refractivity contribution is -0.870. The quantitative estimate of drug-likeness (QED) is 0.0217. The van der Waals surface area contributed by atoms with Crippen LogP contribution in [0.15, 0.2) is 12.2 Å². The molecule has 0 saturated heterocycles. The van der Waals surface area contributed by atoms with Crippen LogP contribution in [0.5, 0.6) is 0 Å². The lowest BCUT2D eigenvalue weighted by Gasteiger charge is -2.24. The molecule has 0 bridgehead atoms. The van der Waals surface area contributed by atoms with Crippen molar-refractivity contribution in [1.82, 2.24) is 0 Å². The Balaban J connectivity index is 4.35. The zero-order valence-corrected chi connectivity index (χ0v) is 35.5. The van der Waals surface area contributed by atoms with Crippen LogP contribution in [-0.2, 0) is 32.7 Å². The molecule has 52 heavy (non-hydrogen) atoms. The smallest absolute Gasteiger partial charge is 0.462 e. The lowest BCUT2D eigenvalue weighted by Crippen LogP contribution is -2.37. The fourth-order valence-electron chi connectivity index (χ4n) is 5.89. The molecule has 10 heteroatoms. The summed E-state index contributed by atoms with van der Waals surface area (Å²) in [6, 6.07) is 0. The maximum Gasteiger partial charge on any atom is 0.472 e. The van der Waals surface area contributed by atoms with Crippen LogP contribution >= 0.6 is 7.82 Å². The number of esters is 2. The second-order valence-electron chi connectivity index (χ2n) is 15.7. The molecular formula is C42H83NO8P+. The molecule has 0 aromatic heterocycles. The largest absolute Gasteiger partial charge is 0.472 e. The van der Waals surface area contributed by atoms with Crippen LogP contribution in [0, 0.1) is 0 Å². The highest BCUT2D eigenvalue weighted by molar-refractivity contribution is 7.47. The van der Waals surface area contributed by atoms with Gasteiger partial charge in [-0.2, -0.15) is 0 Å². The number of quaternary nitrogens is 1. The van der Waals surface area contributed by atoms with Crippen molar-refractivity contribution in [2.24, 2.45) is 0 Å². The molecule has 0 aromatic rings. The zero-order chi connectivity index (χ0) is 38.6. The van der Waals surface area contributed by atoms with E-state index in [4.69, 9.17) is 18.5 Å². The molecule has 0 aliphatic heterocycles. The number of phosphoric ester groups is 1. The lowest BCUT2D eigenvalue weighted by atomic mass is 10.0. The van der Waals surface area contributed by atoms with Crippen LogP contribution < -0.4 is 0 Å². The SMILES string of the molecule is CCCCCCCCC/C=C\CCCCCCCC(=O)OC[C@H](COP(=O)(O)OCC[N+](C)(C)C)OC(=O)CCCCCCCCCCCCCC. The molecule has 0 saturated carbocycles. The monoisotopic (exact) mass is 761 g/mol. The summed E-state index contributed by atoms with van der Waals surface area (Å²) in [4.78, 5) is 35.3. The summed E-state index contributed by atoms with van der Waals surface area (Å²) >= 11 is 0. The van der Waals surface area contributed by atoms with Gasteiger partial charge in [0.15, 0.2) is 6.10 Å². The summed E-state index contributed by atoms with van der Waals surface area (Å²) < 4.78 is 34.2. The number of nitrogens with zero attached hydrogens (tertiary/aromatic N) is 1. The van der Waals surface area contributed by atoms with Crippen molar-refractivity contribution in [3.05, 3.63) is 12.2 Å². The summed E-state index contributed by atoms with van der Waals surface area (Å²) in [5.74, 6) is -0.801. The van der Waals surface area contributed by atoms with Gasteiger partial charge in [0.2, 0.25) is 0 Å². The third-order valence-electron chi connectivity index (χ3n) is 9.30. The number of carbonyl (C=O) groups is 2. The molecular weight excluding hydrogens is 677 g/mol. The predicted octanol–water partition coefficient (Wildman–Crippen LogP) is 11.8. The van der Waals surface area contributed by atoms with Gasteiger partial charge in [0.1, 0.15) is 19.8 Å². The van der Waals surface area contributed by atoms with E-state index < -0.39 is 26.5 Å². The number of hydrogen-bond donors (Lipinski definition) is 1. The highest BCUT2D eigenvalue weighted by atomic mass is 31.2. The first kappa shape index (κ1) is 50.8. The van der Waals surface area contributed by atoms with E-state index in [9.17, 15) is 19.0 Å². The third-order valence-corrected chi connectivity index (χ3v) is 10.3. The van der Waals surface area contributed by atoms with E-state index in [1.54, 1.807) is 0 Å². The first-order chi connectivity index (χ1) is 25.0. The molecule has 0 spiro atoms. The second-order valence-corrected chi connectivity index (χ2v) is 17.2. The van der Waals surface area contributed by atoms with Crippen molar-refractivity contribution in [3.8, 4) is 0 Å². The predicted molar refractivity (Wildman–Crippen MR) is 215 cm³/mol. The van der Waals surface area contributed by atoms with Crippen LogP contribution in [0.3, 0.4) is 0 Å². The number of carbonyl (C=O) groups excluding carboxylic acids is 2. The van der Waals surface area contributed by atoms with Crippen molar-refractivity contribution in [2.45, 2.75) is 200 Å². The van der Waals surface area contributed by atoms with E-state index in [1.165, 1.54) is 109 Å². The van der Waals surface area contributed by atoms with Crippen LogP contribution in [0.1, 0.15) is 194 Å². The van der Waals surface area contributed by atoms with Crippen molar-refractivity contribution >= 4 is 19.8 Å². The molecule has 0 aliphatic carbocycles. The Labute approximate surface area is 320 Å². The molecule has 0 fully saturated rings. The fraction of sp³-hybridized carbons (Fsp3) is 0.905. The topological polar surface area (TPSA) is 108 Å². The van der Waals surface area contributed by atoms with Crippen molar-refractivity contribution < 1.29 is 42.1 Å². The Kier molecular flexibility index (Phi) is 34.6. The third kappa shape index (κ3) is 38.5. The number of allylic oxidation sites excluding steroid dienone is 2. The summed E-state index contributed by atoms with van der Waals surface area (Å²) in [5.41, 5.74) is 0. The molecule has 0 aliphatic rings. The minimum atomic E-state index is -4.37. The fourth-order valence-corrected chi connectivity index (χ4v) is 6.63. The Hall–Kier alpha value is -1.25. The Morgan fingerprint density at radius 1 is 0.577 bits per heavy atom. The van der Waals surface area contributed by atoms with E-state index in [1.807, 2.05) is 21.1 Å². The summed E-state index contributed by atoms with van der Waals surface area (Å²) in [6.45, 7) is 4.42. The number of unbranched alkanes of at least 4 members (excludes halogenated alkanes) is 23. The average molecular weight is 761 g/mol. The van der Waals surface area contributed by atoms with E-state index >= 15 is 0 Å². The van der Waals surface area contributed by atoms with Crippen LogP contribution in [-0.4, -0.2) is 74.9 Å². The summed E-state index contributed by atoms with van der Waals surface area (Å²) in [5, 5.41) is 0. The summed E-state index contributed by atoms with van der Waals surface area (Å²) in [7, 11) is 1.48. The Bertz CT molecular complexity index is 907. The number of hydrogen-bond acceptors (Lipinski definition) is 7. The van der Waals surface area contributed by atoms with Gasteiger partial charge in [-0.15, -0.1) is 0 Å². The van der Waals surface area contributed by atoms with Crippen LogP contribution in [0.4, 0.5) is 0 Å². The van der Waals surface area contributed by atoms with E-state index in [-0.39, 0.29) is 32.0 Å². The second kappa shape index (κ2) is 35.5. The number of rotatable bonds is 39. The maximum atomic E-state index is 12.6. The first-order valence-corrected chi connectivity index (χ1v) is 22.9. The van der Waals surface area contributed by atoms with E-state index in [2.05, 4.69) is 26.0 Å². The van der Waals surface area contributed by atoms with Crippen molar-refractivity contribution in [3.63, 3.8) is 0 Å². The minimum Gasteiger partial charge on any atom is -0.462 e. The summed E-state index contributed by atoms with van der Waals surface area (Å²) in [6.07, 6.45) is 35.4. The van der Waals surface area contributed by atoms with Gasteiger partial charge in [-0.3, -0.25) is 18.6 Å². The molecule has 0 amide bonds. The average Bonchev–Trinajstić information content (AvgIpc) is 3.09.